The van der Waals surface area contributed by atoms with Crippen LogP contribution in [0.5, 0.6) is 5.75 Å². The molecule has 1 unspecified atom stereocenters. The van der Waals surface area contributed by atoms with Gasteiger partial charge in [0.1, 0.15) is 11.8 Å². The third kappa shape index (κ3) is 3.37. The molecule has 134 valence electrons. The maximum absolute atomic E-state index is 12.6. The molecule has 3 rings (SSSR count). The maximum Gasteiger partial charge on any atom is 0.338 e. The number of hydrogen-bond donors (Lipinski definition) is 2. The van der Waals surface area contributed by atoms with Crippen LogP contribution in [0.25, 0.3) is 0 Å². The normalized spacial score (nSPS) is 16.7. The molecule has 2 N–H and O–H groups in total. The van der Waals surface area contributed by atoms with Crippen LogP contribution in [0.2, 0.25) is 0 Å². The van der Waals surface area contributed by atoms with Gasteiger partial charge in [0.2, 0.25) is 5.91 Å². The number of nitrogens with zero attached hydrogens (tertiary/aromatic N) is 1. The Balaban J connectivity index is 1.77. The molecule has 0 radical (unpaired) electrons. The van der Waals surface area contributed by atoms with Crippen LogP contribution in [0.4, 0.5) is 11.4 Å². The standard InChI is InChI=1S/C19H18N2O5/c1-2-26-19(25)12-7-9-13(10-8-12)21-17(23)11-15(18(21)24)20-14-5-3-4-6-16(14)22/h3-10,15,20,22H,2,11H2,1H3. The Morgan fingerprint density at radius 3 is 2.54 bits per heavy atom. The average molecular weight is 354 g/mol. The molecule has 1 saturated heterocycles. The van der Waals surface area contributed by atoms with Gasteiger partial charge >= 0.3 is 5.97 Å². The van der Waals surface area contributed by atoms with Crippen molar-refractivity contribution in [3.63, 3.8) is 0 Å². The zero-order valence-electron chi connectivity index (χ0n) is 14.1. The van der Waals surface area contributed by atoms with Crippen LogP contribution in [0.15, 0.2) is 48.5 Å². The monoisotopic (exact) mass is 354 g/mol. The molecule has 1 aliphatic heterocycles. The highest BCUT2D eigenvalue weighted by molar-refractivity contribution is 6.23. The Labute approximate surface area is 150 Å². The number of imide groups is 1. The lowest BCUT2D eigenvalue weighted by molar-refractivity contribution is -0.121. The van der Waals surface area contributed by atoms with Crippen LogP contribution in [-0.4, -0.2) is 35.5 Å². The second-order valence-corrected chi connectivity index (χ2v) is 5.75. The Kier molecular flexibility index (Phi) is 4.88. The second-order valence-electron chi connectivity index (χ2n) is 5.75. The number of amides is 2. The first-order valence-electron chi connectivity index (χ1n) is 8.19. The molecule has 7 nitrogen and oxygen atoms in total. The van der Waals surface area contributed by atoms with Crippen molar-refractivity contribution in [2.45, 2.75) is 19.4 Å². The van der Waals surface area contributed by atoms with Gasteiger partial charge in [-0.05, 0) is 43.3 Å². The largest absolute Gasteiger partial charge is 0.506 e. The molecule has 2 aromatic rings. The van der Waals surface area contributed by atoms with Crippen LogP contribution in [-0.2, 0) is 14.3 Å². The van der Waals surface area contributed by atoms with Crippen LogP contribution in [0.1, 0.15) is 23.7 Å². The molecule has 1 fully saturated rings. The van der Waals surface area contributed by atoms with Crippen molar-refractivity contribution >= 4 is 29.2 Å². The number of phenols is 1. The summed E-state index contributed by atoms with van der Waals surface area (Å²) in [5, 5.41) is 12.7. The molecular formula is C19H18N2O5. The van der Waals surface area contributed by atoms with E-state index in [1.54, 1.807) is 25.1 Å². The third-order valence-electron chi connectivity index (χ3n) is 4.02. The van der Waals surface area contributed by atoms with Gasteiger partial charge in [-0.1, -0.05) is 12.1 Å². The van der Waals surface area contributed by atoms with Crippen molar-refractivity contribution in [1.29, 1.82) is 0 Å². The first-order valence-corrected chi connectivity index (χ1v) is 8.19. The number of esters is 1. The molecule has 0 saturated carbocycles. The summed E-state index contributed by atoms with van der Waals surface area (Å²) in [4.78, 5) is 37.7. The molecule has 0 aliphatic carbocycles. The third-order valence-corrected chi connectivity index (χ3v) is 4.02. The van der Waals surface area contributed by atoms with Gasteiger partial charge in [0, 0.05) is 0 Å². The Hall–Kier alpha value is -3.35. The first-order chi connectivity index (χ1) is 12.5. The summed E-state index contributed by atoms with van der Waals surface area (Å²) in [5.74, 6) is -1.23. The highest BCUT2D eigenvalue weighted by atomic mass is 16.5. The highest BCUT2D eigenvalue weighted by Gasteiger charge is 2.39. The summed E-state index contributed by atoms with van der Waals surface area (Å²) < 4.78 is 4.91. The van der Waals surface area contributed by atoms with Crippen molar-refractivity contribution in [2.75, 3.05) is 16.8 Å². The topological polar surface area (TPSA) is 95.9 Å². The number of ether oxygens (including phenoxy) is 1. The maximum atomic E-state index is 12.6. The number of phenolic OH excluding ortho intramolecular Hbond substituents is 1. The van der Waals surface area contributed by atoms with Crippen LogP contribution < -0.4 is 10.2 Å². The zero-order chi connectivity index (χ0) is 18.7. The van der Waals surface area contributed by atoms with E-state index in [1.165, 1.54) is 30.3 Å². The SMILES string of the molecule is CCOC(=O)c1ccc(N2C(=O)CC(Nc3ccccc3O)C2=O)cc1. The Bertz CT molecular complexity index is 847. The molecule has 0 spiro atoms. The fourth-order valence-corrected chi connectivity index (χ4v) is 2.76. The average Bonchev–Trinajstić information content (AvgIpc) is 2.91. The number of hydrogen-bond acceptors (Lipinski definition) is 6. The van der Waals surface area contributed by atoms with Crippen LogP contribution in [0.3, 0.4) is 0 Å². The predicted octanol–water partition coefficient (Wildman–Crippen LogP) is 2.31. The number of carbonyl (C=O) groups excluding carboxylic acids is 3. The number of para-hydroxylation sites is 2. The predicted molar refractivity (Wildman–Crippen MR) is 95.0 cm³/mol. The van der Waals surface area contributed by atoms with E-state index in [0.717, 1.165) is 4.90 Å². The van der Waals surface area contributed by atoms with Gasteiger partial charge in [0.25, 0.3) is 5.91 Å². The lowest BCUT2D eigenvalue weighted by atomic mass is 10.2. The molecule has 0 bridgehead atoms. The molecule has 26 heavy (non-hydrogen) atoms. The van der Waals surface area contributed by atoms with Crippen molar-refractivity contribution in [1.82, 2.24) is 0 Å². The van der Waals surface area contributed by atoms with E-state index < -0.39 is 17.9 Å². The van der Waals surface area contributed by atoms with Crippen molar-refractivity contribution in [3.8, 4) is 5.75 Å². The minimum atomic E-state index is -0.763. The van der Waals surface area contributed by atoms with E-state index in [1.807, 2.05) is 0 Å². The zero-order valence-corrected chi connectivity index (χ0v) is 14.1. The van der Waals surface area contributed by atoms with Crippen LogP contribution >= 0.6 is 0 Å². The smallest absolute Gasteiger partial charge is 0.338 e. The van der Waals surface area contributed by atoms with Crippen molar-refractivity contribution in [2.24, 2.45) is 0 Å². The summed E-state index contributed by atoms with van der Waals surface area (Å²) in [5.41, 5.74) is 1.12. The molecule has 1 aliphatic rings. The Morgan fingerprint density at radius 2 is 1.88 bits per heavy atom. The number of benzene rings is 2. The number of rotatable bonds is 5. The summed E-state index contributed by atoms with van der Waals surface area (Å²) >= 11 is 0. The summed E-state index contributed by atoms with van der Waals surface area (Å²) in [6.45, 7) is 1.98. The second kappa shape index (κ2) is 7.26. The molecule has 2 amide bonds. The number of aromatic hydroxyl groups is 1. The fraction of sp³-hybridized carbons (Fsp3) is 0.211. The Morgan fingerprint density at radius 1 is 1.19 bits per heavy atom. The van der Waals surface area contributed by atoms with Gasteiger partial charge in [-0.25, -0.2) is 9.69 Å². The lowest BCUT2D eigenvalue weighted by Crippen LogP contribution is -2.34. The molecular weight excluding hydrogens is 336 g/mol. The first kappa shape index (κ1) is 17.5. The molecule has 7 heteroatoms. The van der Waals surface area contributed by atoms with E-state index in [9.17, 15) is 19.5 Å². The number of carbonyl (C=O) groups is 3. The van der Waals surface area contributed by atoms with Gasteiger partial charge in [-0.3, -0.25) is 9.59 Å². The summed E-state index contributed by atoms with van der Waals surface area (Å²) in [6, 6.07) is 11.8. The highest BCUT2D eigenvalue weighted by Crippen LogP contribution is 2.28. The van der Waals surface area contributed by atoms with Gasteiger partial charge in [-0.2, -0.15) is 0 Å². The number of nitrogens with one attached hydrogen (secondary N) is 1. The minimum absolute atomic E-state index is 0.00462. The van der Waals surface area contributed by atoms with Gasteiger partial charge in [0.15, 0.2) is 0 Å². The molecule has 1 heterocycles. The van der Waals surface area contributed by atoms with E-state index >= 15 is 0 Å². The fourth-order valence-electron chi connectivity index (χ4n) is 2.76. The molecule has 2 aromatic carbocycles. The van der Waals surface area contributed by atoms with Gasteiger partial charge in [0.05, 0.1) is 30.0 Å². The molecule has 0 aromatic heterocycles. The van der Waals surface area contributed by atoms with E-state index in [4.69, 9.17) is 4.74 Å². The quantitative estimate of drug-likeness (QED) is 0.486. The summed E-state index contributed by atoms with van der Waals surface area (Å²) in [6.07, 6.45) is -0.0210. The van der Waals surface area contributed by atoms with E-state index in [-0.39, 0.29) is 24.7 Å². The van der Waals surface area contributed by atoms with E-state index in [0.29, 0.717) is 16.9 Å². The van der Waals surface area contributed by atoms with Crippen LogP contribution in [0, 0.1) is 0 Å². The summed E-state index contributed by atoms with van der Waals surface area (Å²) in [7, 11) is 0. The minimum Gasteiger partial charge on any atom is -0.506 e. The number of anilines is 2. The molecule has 1 atom stereocenters. The van der Waals surface area contributed by atoms with Crippen molar-refractivity contribution in [3.05, 3.63) is 54.1 Å². The van der Waals surface area contributed by atoms with E-state index in [2.05, 4.69) is 5.32 Å². The van der Waals surface area contributed by atoms with Gasteiger partial charge in [-0.15, -0.1) is 0 Å². The van der Waals surface area contributed by atoms with Gasteiger partial charge < -0.3 is 15.2 Å². The van der Waals surface area contributed by atoms with Crippen molar-refractivity contribution < 1.29 is 24.2 Å². The lowest BCUT2D eigenvalue weighted by Gasteiger charge is -2.16.